The monoisotopic (exact) mass is 936 g/mol. The van der Waals surface area contributed by atoms with Gasteiger partial charge in [0.2, 0.25) is 6.41 Å². The van der Waals surface area contributed by atoms with E-state index in [4.69, 9.17) is 4.74 Å². The first kappa shape index (κ1) is 66.5. The van der Waals surface area contributed by atoms with Crippen LogP contribution in [-0.2, 0) is 19.1 Å². The Kier molecular flexibility index (Phi) is 56.5. The molecule has 0 bridgehead atoms. The molecule has 1 saturated heterocycles. The number of rotatable bonds is 47. The van der Waals surface area contributed by atoms with Crippen molar-refractivity contribution in [1.82, 2.24) is 24.5 Å². The van der Waals surface area contributed by atoms with E-state index < -0.39 is 0 Å². The van der Waals surface area contributed by atoms with Crippen molar-refractivity contribution in [3.63, 3.8) is 0 Å². The lowest BCUT2D eigenvalue weighted by molar-refractivity contribution is -0.143. The third-order valence-corrected chi connectivity index (χ3v) is 13.4. The molecule has 1 rings (SSSR count). The van der Waals surface area contributed by atoms with Crippen LogP contribution in [-0.4, -0.2) is 142 Å². The molecule has 0 spiro atoms. The normalized spacial score (nSPS) is 12.9. The van der Waals surface area contributed by atoms with Crippen LogP contribution < -0.4 is 0 Å². The number of carbonyl (C=O) groups is 3. The highest BCUT2D eigenvalue weighted by atomic mass is 16.5. The van der Waals surface area contributed by atoms with Gasteiger partial charge in [-0.25, -0.2) is 0 Å². The zero-order valence-electron chi connectivity index (χ0n) is 45.8. The van der Waals surface area contributed by atoms with Crippen molar-refractivity contribution in [2.45, 2.75) is 253 Å². The van der Waals surface area contributed by atoms with Gasteiger partial charge < -0.3 is 29.1 Å². The topological polar surface area (TPSA) is 76.6 Å². The number of ether oxygens (including phenoxy) is 1. The average Bonchev–Trinajstić information content (AvgIpc) is 3.32. The molecule has 394 valence electrons. The number of esters is 1. The summed E-state index contributed by atoms with van der Waals surface area (Å²) in [4.78, 5) is 44.4. The van der Waals surface area contributed by atoms with Gasteiger partial charge in [-0.2, -0.15) is 0 Å². The maximum Gasteiger partial charge on any atom is 0.305 e. The Balaban J connectivity index is 0. The minimum atomic E-state index is -0.0402. The lowest BCUT2D eigenvalue weighted by Gasteiger charge is -2.29. The average molecular weight is 937 g/mol. The quantitative estimate of drug-likeness (QED) is 0.0339. The molecule has 0 aromatic carbocycles. The Morgan fingerprint density at radius 1 is 0.424 bits per heavy atom. The predicted octanol–water partition coefficient (Wildman–Crippen LogP) is 14.0. The Morgan fingerprint density at radius 3 is 1.11 bits per heavy atom. The summed E-state index contributed by atoms with van der Waals surface area (Å²) >= 11 is 0. The Bertz CT molecular complexity index is 947. The van der Waals surface area contributed by atoms with Crippen LogP contribution in [0.5, 0.6) is 0 Å². The summed E-state index contributed by atoms with van der Waals surface area (Å²) in [6.07, 6.45) is 45.7. The highest BCUT2D eigenvalue weighted by Gasteiger charge is 2.11. The molecule has 66 heavy (non-hydrogen) atoms. The van der Waals surface area contributed by atoms with Gasteiger partial charge in [-0.15, -0.1) is 0 Å². The van der Waals surface area contributed by atoms with E-state index in [0.717, 1.165) is 71.4 Å². The Morgan fingerprint density at radius 2 is 0.758 bits per heavy atom. The zero-order chi connectivity index (χ0) is 48.8. The lowest BCUT2D eigenvalue weighted by Crippen LogP contribution is -2.43. The van der Waals surface area contributed by atoms with Gasteiger partial charge in [-0.1, -0.05) is 202 Å². The lowest BCUT2D eigenvalue weighted by atomic mass is 10.1. The molecular formula is C57H117N5O4. The van der Waals surface area contributed by atoms with E-state index in [1.807, 2.05) is 6.92 Å². The van der Waals surface area contributed by atoms with Crippen molar-refractivity contribution in [3.05, 3.63) is 0 Å². The van der Waals surface area contributed by atoms with Crippen molar-refractivity contribution in [3.8, 4) is 0 Å². The number of aldehydes is 1. The second-order valence-electron chi connectivity index (χ2n) is 19.6. The van der Waals surface area contributed by atoms with Gasteiger partial charge in [0.25, 0.3) is 0 Å². The summed E-state index contributed by atoms with van der Waals surface area (Å²) in [5.41, 5.74) is 0. The van der Waals surface area contributed by atoms with Crippen LogP contribution in [0.1, 0.15) is 253 Å². The van der Waals surface area contributed by atoms with Crippen molar-refractivity contribution < 1.29 is 19.1 Å². The second kappa shape index (κ2) is 56.0. The van der Waals surface area contributed by atoms with E-state index in [1.54, 1.807) is 4.90 Å². The molecule has 1 amide bonds. The summed E-state index contributed by atoms with van der Waals surface area (Å²) in [5.74, 6) is -0.0402. The van der Waals surface area contributed by atoms with Gasteiger partial charge in [0.15, 0.2) is 0 Å². The van der Waals surface area contributed by atoms with Crippen LogP contribution >= 0.6 is 0 Å². The van der Waals surface area contributed by atoms with Crippen LogP contribution in [0.3, 0.4) is 0 Å². The minimum absolute atomic E-state index is 0.0402. The maximum atomic E-state index is 11.2. The SMILES string of the molecule is CCCCCCCCCN(CC)CCCCCCC(=O)OCC.CCCCCCCCCN(CC=O)CCN(CCCCCCCCC)CCCCCCCCC.CN1CCN(C=O)CC1. The molecule has 0 aromatic rings. The first-order valence-corrected chi connectivity index (χ1v) is 29.0. The van der Waals surface area contributed by atoms with Crippen LogP contribution in [0.2, 0.25) is 0 Å². The highest BCUT2D eigenvalue weighted by Crippen LogP contribution is 2.13. The molecule has 1 heterocycles. The standard InChI is InChI=1S/C31H64N2O.C20H41NO2.C6H12N2O/c1-4-7-10-13-16-19-22-25-32(26-23-20-17-14-11-8-5-2)28-29-33(30-31-34)27-24-21-18-15-12-9-6-3;1-4-7-8-9-10-12-15-18-21(5-2)19-16-13-11-14-17-20(22)23-6-3;1-7-2-4-8(6-9)5-3-7/h31H,4-30H2,1-3H3;4-19H2,1-3H3;6H,2-5H2,1H3. The second-order valence-corrected chi connectivity index (χ2v) is 19.6. The van der Waals surface area contributed by atoms with E-state index in [-0.39, 0.29) is 5.97 Å². The molecule has 0 aliphatic carbocycles. The number of unbranched alkanes of at least 4 members (excludes halogenated alkanes) is 27. The van der Waals surface area contributed by atoms with Crippen LogP contribution in [0.25, 0.3) is 0 Å². The van der Waals surface area contributed by atoms with E-state index >= 15 is 0 Å². The van der Waals surface area contributed by atoms with Crippen molar-refractivity contribution >= 4 is 18.7 Å². The first-order chi connectivity index (χ1) is 32.3. The van der Waals surface area contributed by atoms with E-state index in [0.29, 0.717) is 19.6 Å². The maximum absolute atomic E-state index is 11.2. The molecule has 0 unspecified atom stereocenters. The fraction of sp³-hybridized carbons (Fsp3) is 0.947. The van der Waals surface area contributed by atoms with Crippen molar-refractivity contribution in [1.29, 1.82) is 0 Å². The molecular weight excluding hydrogens is 819 g/mol. The molecule has 1 aliphatic rings. The minimum Gasteiger partial charge on any atom is -0.466 e. The van der Waals surface area contributed by atoms with Gasteiger partial charge in [0, 0.05) is 45.7 Å². The van der Waals surface area contributed by atoms with Crippen molar-refractivity contribution in [2.24, 2.45) is 0 Å². The summed E-state index contributed by atoms with van der Waals surface area (Å²) in [5, 5.41) is 0. The molecule has 0 aromatic heterocycles. The fourth-order valence-electron chi connectivity index (χ4n) is 8.73. The molecule has 1 aliphatic heterocycles. The largest absolute Gasteiger partial charge is 0.466 e. The van der Waals surface area contributed by atoms with E-state index in [1.165, 1.54) is 225 Å². The number of carbonyl (C=O) groups excluding carboxylic acids is 3. The fourth-order valence-corrected chi connectivity index (χ4v) is 8.73. The Hall–Kier alpha value is -1.55. The van der Waals surface area contributed by atoms with E-state index in [9.17, 15) is 14.4 Å². The predicted molar refractivity (Wildman–Crippen MR) is 288 cm³/mol. The van der Waals surface area contributed by atoms with E-state index in [2.05, 4.69) is 61.3 Å². The van der Waals surface area contributed by atoms with Gasteiger partial charge in [0.05, 0.1) is 13.2 Å². The Labute approximate surface area is 413 Å². The van der Waals surface area contributed by atoms with Gasteiger partial charge >= 0.3 is 5.97 Å². The van der Waals surface area contributed by atoms with Crippen LogP contribution in [0.4, 0.5) is 0 Å². The number of hydrogen-bond acceptors (Lipinski definition) is 8. The molecule has 1 fully saturated rings. The number of nitrogens with zero attached hydrogens (tertiary/aromatic N) is 5. The zero-order valence-corrected chi connectivity index (χ0v) is 45.8. The summed E-state index contributed by atoms with van der Waals surface area (Å²) in [6.45, 7) is 27.6. The van der Waals surface area contributed by atoms with Gasteiger partial charge in [-0.3, -0.25) is 14.5 Å². The third-order valence-electron chi connectivity index (χ3n) is 13.4. The molecule has 9 heteroatoms. The third kappa shape index (κ3) is 50.3. The van der Waals surface area contributed by atoms with Crippen LogP contribution in [0.15, 0.2) is 0 Å². The van der Waals surface area contributed by atoms with Crippen LogP contribution in [0, 0.1) is 0 Å². The molecule has 0 N–H and O–H groups in total. The highest BCUT2D eigenvalue weighted by molar-refractivity contribution is 5.69. The van der Waals surface area contributed by atoms with Crippen molar-refractivity contribution in [2.75, 3.05) is 98.7 Å². The number of amides is 1. The summed E-state index contributed by atoms with van der Waals surface area (Å²) in [7, 11) is 2.07. The van der Waals surface area contributed by atoms with Gasteiger partial charge in [-0.05, 0) is 91.8 Å². The summed E-state index contributed by atoms with van der Waals surface area (Å²) < 4.78 is 4.94. The number of hydrogen-bond donors (Lipinski definition) is 0. The molecule has 0 radical (unpaired) electrons. The first-order valence-electron chi connectivity index (χ1n) is 29.0. The number of piperazine rings is 1. The number of likely N-dealkylation sites (N-methyl/N-ethyl adjacent to an activating group) is 1. The van der Waals surface area contributed by atoms with Gasteiger partial charge in [0.1, 0.15) is 6.29 Å². The molecule has 0 atom stereocenters. The smallest absolute Gasteiger partial charge is 0.305 e. The molecule has 0 saturated carbocycles. The molecule has 9 nitrogen and oxygen atoms in total. The summed E-state index contributed by atoms with van der Waals surface area (Å²) in [6, 6.07) is 0.